The molecule has 0 aliphatic heterocycles. The highest BCUT2D eigenvalue weighted by molar-refractivity contribution is 9.09. The standard InChI is InChI=1S/C15H23Br/c1-5-15(6-2,11-16)10-14-12(3)8-7-9-13(14)4/h7-9H,5-6,10-11H2,1-4H3. The third-order valence-electron chi connectivity index (χ3n) is 3.98. The van der Waals surface area contributed by atoms with Crippen molar-refractivity contribution in [2.24, 2.45) is 5.41 Å². The van der Waals surface area contributed by atoms with Crippen LogP contribution in [0.15, 0.2) is 18.2 Å². The third-order valence-corrected chi connectivity index (χ3v) is 5.17. The molecule has 16 heavy (non-hydrogen) atoms. The van der Waals surface area contributed by atoms with Gasteiger partial charge in [0.1, 0.15) is 0 Å². The van der Waals surface area contributed by atoms with E-state index in [1.165, 1.54) is 30.4 Å². The van der Waals surface area contributed by atoms with Crippen LogP contribution < -0.4 is 0 Å². The highest BCUT2D eigenvalue weighted by Gasteiger charge is 2.26. The van der Waals surface area contributed by atoms with Gasteiger partial charge in [0.05, 0.1) is 0 Å². The molecule has 0 amide bonds. The lowest BCUT2D eigenvalue weighted by molar-refractivity contribution is 0.306. The van der Waals surface area contributed by atoms with E-state index >= 15 is 0 Å². The maximum atomic E-state index is 3.70. The molecule has 0 spiro atoms. The van der Waals surface area contributed by atoms with Crippen LogP contribution in [0.5, 0.6) is 0 Å². The molecule has 0 unspecified atom stereocenters. The Morgan fingerprint density at radius 1 is 1.06 bits per heavy atom. The number of hydrogen-bond donors (Lipinski definition) is 0. The van der Waals surface area contributed by atoms with Gasteiger partial charge in [0.15, 0.2) is 0 Å². The van der Waals surface area contributed by atoms with Crippen LogP contribution in [0, 0.1) is 19.3 Å². The average Bonchev–Trinajstić information content (AvgIpc) is 2.30. The van der Waals surface area contributed by atoms with Crippen LogP contribution in [0.1, 0.15) is 43.4 Å². The Labute approximate surface area is 109 Å². The Bertz CT molecular complexity index is 309. The maximum Gasteiger partial charge on any atom is 0.00909 e. The van der Waals surface area contributed by atoms with Crippen molar-refractivity contribution in [2.45, 2.75) is 47.0 Å². The first-order valence-corrected chi connectivity index (χ1v) is 7.31. The molecule has 0 radical (unpaired) electrons. The molecular weight excluding hydrogens is 260 g/mol. The predicted molar refractivity (Wildman–Crippen MR) is 76.4 cm³/mol. The van der Waals surface area contributed by atoms with E-state index in [0.29, 0.717) is 5.41 Å². The van der Waals surface area contributed by atoms with Gasteiger partial charge in [-0.05, 0) is 55.2 Å². The van der Waals surface area contributed by atoms with E-state index in [0.717, 1.165) is 5.33 Å². The molecular formula is C15H23Br. The van der Waals surface area contributed by atoms with Gasteiger partial charge in [0.2, 0.25) is 0 Å². The van der Waals surface area contributed by atoms with Crippen LogP contribution in [-0.4, -0.2) is 5.33 Å². The zero-order valence-electron chi connectivity index (χ0n) is 10.9. The van der Waals surface area contributed by atoms with Gasteiger partial charge < -0.3 is 0 Å². The lowest BCUT2D eigenvalue weighted by Gasteiger charge is -2.31. The zero-order chi connectivity index (χ0) is 12.2. The van der Waals surface area contributed by atoms with Crippen molar-refractivity contribution in [1.82, 2.24) is 0 Å². The average molecular weight is 283 g/mol. The van der Waals surface area contributed by atoms with Gasteiger partial charge in [-0.25, -0.2) is 0 Å². The quantitative estimate of drug-likeness (QED) is 0.663. The summed E-state index contributed by atoms with van der Waals surface area (Å²) < 4.78 is 0. The molecule has 0 saturated heterocycles. The van der Waals surface area contributed by atoms with Gasteiger partial charge in [-0.3, -0.25) is 0 Å². The van der Waals surface area contributed by atoms with Crippen molar-refractivity contribution >= 4 is 15.9 Å². The minimum Gasteiger partial charge on any atom is -0.0922 e. The van der Waals surface area contributed by atoms with Crippen molar-refractivity contribution in [3.63, 3.8) is 0 Å². The van der Waals surface area contributed by atoms with E-state index < -0.39 is 0 Å². The molecule has 0 atom stereocenters. The van der Waals surface area contributed by atoms with Crippen LogP contribution in [0.4, 0.5) is 0 Å². The second-order valence-corrected chi connectivity index (χ2v) is 5.45. The van der Waals surface area contributed by atoms with Crippen molar-refractivity contribution in [1.29, 1.82) is 0 Å². The normalized spacial score (nSPS) is 11.8. The van der Waals surface area contributed by atoms with E-state index in [-0.39, 0.29) is 0 Å². The Morgan fingerprint density at radius 2 is 1.56 bits per heavy atom. The molecule has 1 rings (SSSR count). The molecule has 1 aromatic rings. The van der Waals surface area contributed by atoms with E-state index in [4.69, 9.17) is 0 Å². The summed E-state index contributed by atoms with van der Waals surface area (Å²) in [4.78, 5) is 0. The topological polar surface area (TPSA) is 0 Å². The summed E-state index contributed by atoms with van der Waals surface area (Å²) in [6, 6.07) is 6.61. The summed E-state index contributed by atoms with van der Waals surface area (Å²) in [6.07, 6.45) is 3.68. The summed E-state index contributed by atoms with van der Waals surface area (Å²) >= 11 is 3.70. The summed E-state index contributed by atoms with van der Waals surface area (Å²) in [5, 5.41) is 1.10. The van der Waals surface area contributed by atoms with Crippen LogP contribution in [0.25, 0.3) is 0 Å². The Kier molecular flexibility index (Phi) is 5.04. The van der Waals surface area contributed by atoms with E-state index in [9.17, 15) is 0 Å². The summed E-state index contributed by atoms with van der Waals surface area (Å²) in [5.41, 5.74) is 4.85. The molecule has 1 heteroatoms. The Morgan fingerprint density at radius 3 is 1.94 bits per heavy atom. The summed E-state index contributed by atoms with van der Waals surface area (Å²) in [5.74, 6) is 0. The number of halogens is 1. The molecule has 0 nitrogen and oxygen atoms in total. The molecule has 0 aliphatic carbocycles. The van der Waals surface area contributed by atoms with E-state index in [1.54, 1.807) is 5.56 Å². The smallest absolute Gasteiger partial charge is 0.00909 e. The Balaban J connectivity index is 3.02. The highest BCUT2D eigenvalue weighted by atomic mass is 79.9. The monoisotopic (exact) mass is 282 g/mol. The second kappa shape index (κ2) is 5.86. The van der Waals surface area contributed by atoms with Crippen LogP contribution in [-0.2, 0) is 6.42 Å². The second-order valence-electron chi connectivity index (χ2n) is 4.89. The molecule has 0 saturated carbocycles. The third kappa shape index (κ3) is 2.88. The minimum atomic E-state index is 0.427. The van der Waals surface area contributed by atoms with Crippen LogP contribution in [0.3, 0.4) is 0 Å². The van der Waals surface area contributed by atoms with Crippen LogP contribution in [0.2, 0.25) is 0 Å². The largest absolute Gasteiger partial charge is 0.0922 e. The number of alkyl halides is 1. The van der Waals surface area contributed by atoms with Gasteiger partial charge in [0, 0.05) is 5.33 Å². The first kappa shape index (κ1) is 13.8. The molecule has 0 N–H and O–H groups in total. The Hall–Kier alpha value is -0.300. The van der Waals surface area contributed by atoms with Gasteiger partial charge in [-0.1, -0.05) is 48.0 Å². The maximum absolute atomic E-state index is 3.70. The lowest BCUT2D eigenvalue weighted by atomic mass is 9.77. The van der Waals surface area contributed by atoms with Gasteiger partial charge >= 0.3 is 0 Å². The summed E-state index contributed by atoms with van der Waals surface area (Å²) in [6.45, 7) is 9.07. The van der Waals surface area contributed by atoms with Crippen molar-refractivity contribution in [3.8, 4) is 0 Å². The molecule has 0 bridgehead atoms. The van der Waals surface area contributed by atoms with Crippen molar-refractivity contribution in [2.75, 3.05) is 5.33 Å². The number of hydrogen-bond acceptors (Lipinski definition) is 0. The zero-order valence-corrected chi connectivity index (χ0v) is 12.5. The highest BCUT2D eigenvalue weighted by Crippen LogP contribution is 2.34. The fraction of sp³-hybridized carbons (Fsp3) is 0.600. The molecule has 0 aromatic heterocycles. The van der Waals surface area contributed by atoms with Gasteiger partial charge in [0.25, 0.3) is 0 Å². The minimum absolute atomic E-state index is 0.427. The van der Waals surface area contributed by atoms with Gasteiger partial charge in [-0.2, -0.15) is 0 Å². The van der Waals surface area contributed by atoms with Crippen molar-refractivity contribution in [3.05, 3.63) is 34.9 Å². The summed E-state index contributed by atoms with van der Waals surface area (Å²) in [7, 11) is 0. The fourth-order valence-corrected chi connectivity index (χ4v) is 3.23. The molecule has 0 fully saturated rings. The van der Waals surface area contributed by atoms with E-state index in [1.807, 2.05) is 0 Å². The number of aryl methyl sites for hydroxylation is 2. The molecule has 0 aliphatic rings. The van der Waals surface area contributed by atoms with Crippen LogP contribution >= 0.6 is 15.9 Å². The number of benzene rings is 1. The lowest BCUT2D eigenvalue weighted by Crippen LogP contribution is -2.24. The fourth-order valence-electron chi connectivity index (χ4n) is 2.24. The number of rotatable bonds is 5. The molecule has 0 heterocycles. The SMILES string of the molecule is CCC(CC)(CBr)Cc1c(C)cccc1C. The van der Waals surface area contributed by atoms with Crippen molar-refractivity contribution < 1.29 is 0 Å². The first-order chi connectivity index (χ1) is 7.58. The predicted octanol–water partition coefficient (Wildman–Crippen LogP) is 5.05. The van der Waals surface area contributed by atoms with E-state index in [2.05, 4.69) is 61.8 Å². The molecule has 1 aromatic carbocycles. The first-order valence-electron chi connectivity index (χ1n) is 6.19. The molecule has 90 valence electrons. The van der Waals surface area contributed by atoms with Gasteiger partial charge in [-0.15, -0.1) is 0 Å².